The number of likely N-dealkylation sites (tertiary alicyclic amines) is 1. The number of aromatic nitrogens is 3. The number of hydrogen-bond acceptors (Lipinski definition) is 7. The summed E-state index contributed by atoms with van der Waals surface area (Å²) < 4.78 is 5.08. The van der Waals surface area contributed by atoms with Gasteiger partial charge in [-0.1, -0.05) is 17.8 Å². The van der Waals surface area contributed by atoms with Crippen molar-refractivity contribution in [2.75, 3.05) is 25.4 Å². The van der Waals surface area contributed by atoms with Crippen LogP contribution in [0.1, 0.15) is 30.5 Å². The van der Waals surface area contributed by atoms with E-state index in [4.69, 9.17) is 4.74 Å². The molecule has 0 bridgehead atoms. The predicted octanol–water partition coefficient (Wildman–Crippen LogP) is 2.35. The lowest BCUT2D eigenvalue weighted by Crippen LogP contribution is -2.43. The standard InChI is InChI=1S/C17H22N4O3S2/c1-2-24-16(23)12-5-3-7-21(10-12)15(22)11-26-17-18-14(19-20-17)9-13-6-4-8-25-13/h4,6,8,12H,2-3,5,7,9-11H2,1H3,(H,18,19,20). The monoisotopic (exact) mass is 394 g/mol. The number of carbonyl (C=O) groups is 2. The minimum absolute atomic E-state index is 0.00797. The molecule has 1 saturated heterocycles. The molecule has 2 aromatic rings. The molecule has 1 N–H and O–H groups in total. The molecular formula is C17H22N4O3S2. The maximum absolute atomic E-state index is 12.4. The van der Waals surface area contributed by atoms with Gasteiger partial charge in [0, 0.05) is 24.4 Å². The highest BCUT2D eigenvalue weighted by Gasteiger charge is 2.29. The molecule has 0 aliphatic carbocycles. The molecule has 1 amide bonds. The second-order valence-corrected chi connectivity index (χ2v) is 8.02. The average Bonchev–Trinajstić information content (AvgIpc) is 3.32. The van der Waals surface area contributed by atoms with Gasteiger partial charge in [-0.3, -0.25) is 14.7 Å². The number of rotatable bonds is 7. The van der Waals surface area contributed by atoms with Crippen LogP contribution in [0.3, 0.4) is 0 Å². The minimum Gasteiger partial charge on any atom is -0.466 e. The van der Waals surface area contributed by atoms with E-state index >= 15 is 0 Å². The lowest BCUT2D eigenvalue weighted by atomic mass is 9.98. The van der Waals surface area contributed by atoms with Gasteiger partial charge in [0.25, 0.3) is 0 Å². The zero-order valence-electron chi connectivity index (χ0n) is 14.6. The van der Waals surface area contributed by atoms with Crippen molar-refractivity contribution in [1.29, 1.82) is 0 Å². The second-order valence-electron chi connectivity index (χ2n) is 6.04. The van der Waals surface area contributed by atoms with Crippen LogP contribution in [0.15, 0.2) is 22.7 Å². The van der Waals surface area contributed by atoms with Gasteiger partial charge in [-0.15, -0.1) is 16.4 Å². The van der Waals surface area contributed by atoms with E-state index in [2.05, 4.69) is 21.2 Å². The molecule has 3 heterocycles. The number of nitrogens with zero attached hydrogens (tertiary/aromatic N) is 3. The van der Waals surface area contributed by atoms with E-state index in [1.54, 1.807) is 23.2 Å². The Hall–Kier alpha value is -1.87. The van der Waals surface area contributed by atoms with Crippen LogP contribution >= 0.6 is 23.1 Å². The molecule has 1 atom stereocenters. The van der Waals surface area contributed by atoms with Gasteiger partial charge in [-0.25, -0.2) is 4.98 Å². The first-order chi connectivity index (χ1) is 12.7. The van der Waals surface area contributed by atoms with Gasteiger partial charge in [-0.05, 0) is 31.2 Å². The number of H-pyrrole nitrogens is 1. The van der Waals surface area contributed by atoms with Crippen molar-refractivity contribution in [3.63, 3.8) is 0 Å². The number of carbonyl (C=O) groups excluding carboxylic acids is 2. The first-order valence-corrected chi connectivity index (χ1v) is 10.5. The van der Waals surface area contributed by atoms with Crippen LogP contribution in [0, 0.1) is 5.92 Å². The molecule has 7 nitrogen and oxygen atoms in total. The fraction of sp³-hybridized carbons (Fsp3) is 0.529. The zero-order valence-corrected chi connectivity index (χ0v) is 16.3. The summed E-state index contributed by atoms with van der Waals surface area (Å²) in [5.41, 5.74) is 0. The fourth-order valence-corrected chi connectivity index (χ4v) is 4.30. The van der Waals surface area contributed by atoms with Crippen molar-refractivity contribution in [3.05, 3.63) is 28.2 Å². The van der Waals surface area contributed by atoms with Crippen LogP contribution in [0.25, 0.3) is 0 Å². The summed E-state index contributed by atoms with van der Waals surface area (Å²) in [6.07, 6.45) is 2.32. The number of aromatic amines is 1. The molecule has 9 heteroatoms. The minimum atomic E-state index is -0.210. The summed E-state index contributed by atoms with van der Waals surface area (Å²) in [4.78, 5) is 31.7. The maximum Gasteiger partial charge on any atom is 0.310 e. The highest BCUT2D eigenvalue weighted by atomic mass is 32.2. The molecule has 0 radical (unpaired) electrons. The topological polar surface area (TPSA) is 88.2 Å². The Labute approximate surface area is 160 Å². The van der Waals surface area contributed by atoms with Gasteiger partial charge in [0.05, 0.1) is 18.3 Å². The van der Waals surface area contributed by atoms with E-state index in [0.717, 1.165) is 18.7 Å². The summed E-state index contributed by atoms with van der Waals surface area (Å²) in [7, 11) is 0. The molecule has 0 aromatic carbocycles. The number of thiophene rings is 1. The van der Waals surface area contributed by atoms with Crippen molar-refractivity contribution >= 4 is 35.0 Å². The Morgan fingerprint density at radius 3 is 3.15 bits per heavy atom. The smallest absolute Gasteiger partial charge is 0.310 e. The normalized spacial score (nSPS) is 17.3. The van der Waals surface area contributed by atoms with Crippen molar-refractivity contribution < 1.29 is 14.3 Å². The first-order valence-electron chi connectivity index (χ1n) is 8.66. The number of hydrogen-bond donors (Lipinski definition) is 1. The summed E-state index contributed by atoms with van der Waals surface area (Å²) in [6, 6.07) is 4.06. The predicted molar refractivity (Wildman–Crippen MR) is 100 cm³/mol. The largest absolute Gasteiger partial charge is 0.466 e. The van der Waals surface area contributed by atoms with E-state index < -0.39 is 0 Å². The Morgan fingerprint density at radius 2 is 2.38 bits per heavy atom. The third-order valence-corrected chi connectivity index (χ3v) is 5.86. The summed E-state index contributed by atoms with van der Waals surface area (Å²) in [5, 5.41) is 9.69. The lowest BCUT2D eigenvalue weighted by molar-refractivity contribution is -0.151. The Bertz CT molecular complexity index is 732. The number of esters is 1. The van der Waals surface area contributed by atoms with Gasteiger partial charge in [0.1, 0.15) is 5.82 Å². The quantitative estimate of drug-likeness (QED) is 0.573. The van der Waals surface area contributed by atoms with Crippen LogP contribution in [-0.4, -0.2) is 57.4 Å². The second kappa shape index (κ2) is 9.18. The van der Waals surface area contributed by atoms with E-state index in [0.29, 0.717) is 31.3 Å². The van der Waals surface area contributed by atoms with E-state index in [1.165, 1.54) is 16.6 Å². The third-order valence-electron chi connectivity index (χ3n) is 4.15. The van der Waals surface area contributed by atoms with Crippen LogP contribution < -0.4 is 0 Å². The summed E-state index contributed by atoms with van der Waals surface area (Å²) >= 11 is 2.99. The maximum atomic E-state index is 12.4. The van der Waals surface area contributed by atoms with Crippen molar-refractivity contribution in [3.8, 4) is 0 Å². The number of nitrogens with one attached hydrogen (secondary N) is 1. The molecule has 26 heavy (non-hydrogen) atoms. The number of piperidine rings is 1. The van der Waals surface area contributed by atoms with E-state index in [-0.39, 0.29) is 23.5 Å². The van der Waals surface area contributed by atoms with Gasteiger partial charge < -0.3 is 9.64 Å². The highest BCUT2D eigenvalue weighted by molar-refractivity contribution is 7.99. The van der Waals surface area contributed by atoms with Crippen LogP contribution in [-0.2, 0) is 20.7 Å². The molecule has 0 saturated carbocycles. The number of thioether (sulfide) groups is 1. The van der Waals surface area contributed by atoms with Crippen LogP contribution in [0.5, 0.6) is 0 Å². The first kappa shape index (κ1) is 18.9. The molecule has 0 spiro atoms. The van der Waals surface area contributed by atoms with Crippen molar-refractivity contribution in [2.45, 2.75) is 31.3 Å². The molecule has 1 aliphatic heterocycles. The summed E-state index contributed by atoms with van der Waals surface area (Å²) in [5.74, 6) is 0.658. The van der Waals surface area contributed by atoms with Gasteiger partial charge in [0.2, 0.25) is 11.1 Å². The van der Waals surface area contributed by atoms with Crippen molar-refractivity contribution in [2.24, 2.45) is 5.92 Å². The fourth-order valence-electron chi connectivity index (χ4n) is 2.87. The highest BCUT2D eigenvalue weighted by Crippen LogP contribution is 2.21. The molecule has 140 valence electrons. The molecule has 1 aliphatic rings. The van der Waals surface area contributed by atoms with Crippen molar-refractivity contribution in [1.82, 2.24) is 20.1 Å². The third kappa shape index (κ3) is 5.07. The Balaban J connectivity index is 1.47. The molecule has 1 unspecified atom stereocenters. The van der Waals surface area contributed by atoms with Crippen LogP contribution in [0.4, 0.5) is 0 Å². The van der Waals surface area contributed by atoms with Gasteiger partial charge in [-0.2, -0.15) is 0 Å². The Morgan fingerprint density at radius 1 is 1.50 bits per heavy atom. The van der Waals surface area contributed by atoms with Gasteiger partial charge >= 0.3 is 5.97 Å². The van der Waals surface area contributed by atoms with E-state index in [1.807, 2.05) is 11.4 Å². The van der Waals surface area contributed by atoms with Crippen LogP contribution in [0.2, 0.25) is 0 Å². The number of amides is 1. The molecule has 2 aromatic heterocycles. The van der Waals surface area contributed by atoms with Gasteiger partial charge in [0.15, 0.2) is 0 Å². The van der Waals surface area contributed by atoms with E-state index in [9.17, 15) is 9.59 Å². The molecule has 3 rings (SSSR count). The average molecular weight is 395 g/mol. The molecule has 1 fully saturated rings. The molecular weight excluding hydrogens is 372 g/mol. The lowest BCUT2D eigenvalue weighted by Gasteiger charge is -2.31. The SMILES string of the molecule is CCOC(=O)C1CCCN(C(=O)CSc2n[nH]c(Cc3cccs3)n2)C1. The zero-order chi connectivity index (χ0) is 18.4. The summed E-state index contributed by atoms with van der Waals surface area (Å²) in [6.45, 7) is 3.30. The number of ether oxygens (including phenoxy) is 1. The Kier molecular flexibility index (Phi) is 6.67.